The maximum absolute atomic E-state index is 6.19. The van der Waals surface area contributed by atoms with Crippen molar-refractivity contribution in [1.29, 1.82) is 0 Å². The number of piperidine rings is 2. The summed E-state index contributed by atoms with van der Waals surface area (Å²) < 4.78 is 0. The number of rotatable bonds is 4. The predicted molar refractivity (Wildman–Crippen MR) is 127 cm³/mol. The molecule has 0 unspecified atom stereocenters. The van der Waals surface area contributed by atoms with Gasteiger partial charge >= 0.3 is 0 Å². The quantitative estimate of drug-likeness (QED) is 0.432. The van der Waals surface area contributed by atoms with Crippen molar-refractivity contribution in [2.75, 3.05) is 41.3 Å². The SMILES string of the molecule is Cc1ccc(Nc2nc(N3C[C@H](N)C[C@H](N)C3)nc(N3C[C@H](N)C[C@H](N)C3)n2)cc1.Cl. The molecule has 2 aromatic rings. The molecule has 0 bridgehead atoms. The molecule has 3 heterocycles. The number of aryl methyl sites for hydroxylation is 1. The van der Waals surface area contributed by atoms with Crippen LogP contribution in [0.2, 0.25) is 0 Å². The third kappa shape index (κ3) is 5.92. The number of nitrogens with zero attached hydrogens (tertiary/aromatic N) is 5. The minimum Gasteiger partial charge on any atom is -0.338 e. The fourth-order valence-electron chi connectivity index (χ4n) is 4.14. The largest absolute Gasteiger partial charge is 0.338 e. The van der Waals surface area contributed by atoms with Crippen LogP contribution in [0, 0.1) is 6.92 Å². The molecule has 0 saturated carbocycles. The maximum Gasteiger partial charge on any atom is 0.233 e. The first kappa shape index (κ1) is 23.4. The van der Waals surface area contributed by atoms with Crippen LogP contribution in [0.5, 0.6) is 0 Å². The Morgan fingerprint density at radius 1 is 0.742 bits per heavy atom. The summed E-state index contributed by atoms with van der Waals surface area (Å²) in [4.78, 5) is 18.2. The molecule has 0 aliphatic carbocycles. The highest BCUT2D eigenvalue weighted by atomic mass is 35.5. The van der Waals surface area contributed by atoms with E-state index < -0.39 is 0 Å². The first-order valence-corrected chi connectivity index (χ1v) is 10.5. The predicted octanol–water partition coefficient (Wildman–Crippen LogP) is 0.0748. The van der Waals surface area contributed by atoms with E-state index in [4.69, 9.17) is 27.9 Å². The Balaban J connectivity index is 0.00000272. The Morgan fingerprint density at radius 3 is 1.58 bits per heavy atom. The highest BCUT2D eigenvalue weighted by Crippen LogP contribution is 2.23. The number of aromatic nitrogens is 3. The molecule has 170 valence electrons. The molecule has 0 radical (unpaired) electrons. The van der Waals surface area contributed by atoms with Gasteiger partial charge in [-0.1, -0.05) is 17.7 Å². The molecule has 2 aliphatic rings. The van der Waals surface area contributed by atoms with Crippen LogP contribution in [-0.2, 0) is 0 Å². The van der Waals surface area contributed by atoms with Gasteiger partial charge in [0.05, 0.1) is 0 Å². The molecule has 2 aliphatic heterocycles. The molecule has 1 aromatic heterocycles. The van der Waals surface area contributed by atoms with E-state index >= 15 is 0 Å². The number of nitrogens with two attached hydrogens (primary N) is 4. The summed E-state index contributed by atoms with van der Waals surface area (Å²) in [6.45, 7) is 4.66. The highest BCUT2D eigenvalue weighted by molar-refractivity contribution is 5.85. The topological polar surface area (TPSA) is 161 Å². The van der Waals surface area contributed by atoms with Gasteiger partial charge in [-0.2, -0.15) is 15.0 Å². The molecular formula is C20H33ClN10. The molecule has 9 N–H and O–H groups in total. The summed E-state index contributed by atoms with van der Waals surface area (Å²) in [6, 6.07) is 8.01. The number of nitrogens with one attached hydrogen (secondary N) is 1. The van der Waals surface area contributed by atoms with Crippen LogP contribution in [0.4, 0.5) is 23.5 Å². The third-order valence-electron chi connectivity index (χ3n) is 5.52. The van der Waals surface area contributed by atoms with E-state index in [1.54, 1.807) is 0 Å². The smallest absolute Gasteiger partial charge is 0.233 e. The zero-order valence-electron chi connectivity index (χ0n) is 17.8. The first-order valence-electron chi connectivity index (χ1n) is 10.5. The second-order valence-electron chi connectivity index (χ2n) is 8.57. The molecule has 11 heteroatoms. The van der Waals surface area contributed by atoms with E-state index in [1.807, 2.05) is 34.1 Å². The summed E-state index contributed by atoms with van der Waals surface area (Å²) >= 11 is 0. The molecule has 1 aromatic carbocycles. The Hall–Kier alpha value is -2.24. The van der Waals surface area contributed by atoms with Gasteiger partial charge in [0.2, 0.25) is 17.8 Å². The molecule has 31 heavy (non-hydrogen) atoms. The molecular weight excluding hydrogens is 416 g/mol. The van der Waals surface area contributed by atoms with Gasteiger partial charge in [0, 0.05) is 56.0 Å². The van der Waals surface area contributed by atoms with Gasteiger partial charge in [-0.05, 0) is 31.9 Å². The number of hydrogen-bond acceptors (Lipinski definition) is 10. The van der Waals surface area contributed by atoms with Crippen LogP contribution in [0.1, 0.15) is 18.4 Å². The van der Waals surface area contributed by atoms with Gasteiger partial charge in [0.25, 0.3) is 0 Å². The molecule has 10 nitrogen and oxygen atoms in total. The number of hydrogen-bond donors (Lipinski definition) is 5. The lowest BCUT2D eigenvalue weighted by molar-refractivity contribution is 0.441. The Bertz CT molecular complexity index is 799. The Kier molecular flexibility index (Phi) is 7.50. The van der Waals surface area contributed by atoms with E-state index in [9.17, 15) is 0 Å². The van der Waals surface area contributed by atoms with Crippen molar-refractivity contribution in [2.24, 2.45) is 22.9 Å². The van der Waals surface area contributed by atoms with Crippen LogP contribution in [0.3, 0.4) is 0 Å². The summed E-state index contributed by atoms with van der Waals surface area (Å²) in [6.07, 6.45) is 1.58. The van der Waals surface area contributed by atoms with Crippen molar-refractivity contribution in [3.05, 3.63) is 29.8 Å². The van der Waals surface area contributed by atoms with Crippen LogP contribution in [-0.4, -0.2) is 65.3 Å². The van der Waals surface area contributed by atoms with Crippen LogP contribution >= 0.6 is 12.4 Å². The van der Waals surface area contributed by atoms with Crippen molar-refractivity contribution < 1.29 is 0 Å². The second-order valence-corrected chi connectivity index (χ2v) is 8.57. The monoisotopic (exact) mass is 448 g/mol. The maximum atomic E-state index is 6.19. The normalized spacial score (nSPS) is 26.4. The summed E-state index contributed by atoms with van der Waals surface area (Å²) in [7, 11) is 0. The average Bonchev–Trinajstić information content (AvgIpc) is 2.68. The van der Waals surface area contributed by atoms with E-state index in [1.165, 1.54) is 5.56 Å². The number of benzene rings is 1. The van der Waals surface area contributed by atoms with Crippen molar-refractivity contribution in [1.82, 2.24) is 15.0 Å². The Labute approximate surface area is 189 Å². The van der Waals surface area contributed by atoms with Crippen molar-refractivity contribution in [3.63, 3.8) is 0 Å². The van der Waals surface area contributed by atoms with Gasteiger partial charge < -0.3 is 38.1 Å². The van der Waals surface area contributed by atoms with Crippen molar-refractivity contribution in [2.45, 2.75) is 43.9 Å². The van der Waals surface area contributed by atoms with E-state index in [-0.39, 0.29) is 36.6 Å². The van der Waals surface area contributed by atoms with Gasteiger partial charge in [-0.25, -0.2) is 0 Å². The molecule has 4 atom stereocenters. The molecule has 0 amide bonds. The Morgan fingerprint density at radius 2 is 1.16 bits per heavy atom. The first-order chi connectivity index (χ1) is 14.4. The van der Waals surface area contributed by atoms with E-state index in [2.05, 4.69) is 22.2 Å². The van der Waals surface area contributed by atoms with Crippen LogP contribution < -0.4 is 38.1 Å². The molecule has 0 spiro atoms. The lowest BCUT2D eigenvalue weighted by Crippen LogP contribution is -2.54. The number of anilines is 4. The zero-order valence-corrected chi connectivity index (χ0v) is 18.6. The van der Waals surface area contributed by atoms with Gasteiger partial charge in [0.1, 0.15) is 0 Å². The van der Waals surface area contributed by atoms with Gasteiger partial charge in [-0.15, -0.1) is 12.4 Å². The van der Waals surface area contributed by atoms with Crippen LogP contribution in [0.25, 0.3) is 0 Å². The molecule has 2 fully saturated rings. The lowest BCUT2D eigenvalue weighted by atomic mass is 10.0. The van der Waals surface area contributed by atoms with Crippen molar-refractivity contribution in [3.8, 4) is 0 Å². The lowest BCUT2D eigenvalue weighted by Gasteiger charge is -2.37. The summed E-state index contributed by atoms with van der Waals surface area (Å²) in [5.74, 6) is 1.60. The summed E-state index contributed by atoms with van der Waals surface area (Å²) in [5, 5.41) is 3.29. The van der Waals surface area contributed by atoms with Crippen molar-refractivity contribution >= 4 is 35.9 Å². The second kappa shape index (κ2) is 9.92. The van der Waals surface area contributed by atoms with E-state index in [0.29, 0.717) is 44.0 Å². The standard InChI is InChI=1S/C20H32N10.ClH/c1-12-2-4-17(5-3-12)25-18-26-19(29-8-13(21)6-14(22)9-29)28-20(27-18)30-10-15(23)7-16(24)11-30;/h2-5,13-16H,6-11,21-24H2,1H3,(H,25,26,27,28);1H/t13-,14+,15-,16+;. The average molecular weight is 449 g/mol. The molecule has 4 rings (SSSR count). The van der Waals surface area contributed by atoms with Gasteiger partial charge in [0.15, 0.2) is 0 Å². The minimum absolute atomic E-state index is 0. The van der Waals surface area contributed by atoms with E-state index in [0.717, 1.165) is 18.5 Å². The fraction of sp³-hybridized carbons (Fsp3) is 0.550. The number of halogens is 1. The van der Waals surface area contributed by atoms with Crippen LogP contribution in [0.15, 0.2) is 24.3 Å². The van der Waals surface area contributed by atoms with Gasteiger partial charge in [-0.3, -0.25) is 0 Å². The zero-order chi connectivity index (χ0) is 21.3. The minimum atomic E-state index is -0.0145. The third-order valence-corrected chi connectivity index (χ3v) is 5.52. The molecule has 2 saturated heterocycles. The summed E-state index contributed by atoms with van der Waals surface area (Å²) in [5.41, 5.74) is 26.9. The highest BCUT2D eigenvalue weighted by Gasteiger charge is 2.28. The fourth-order valence-corrected chi connectivity index (χ4v) is 4.14.